The second-order valence-corrected chi connectivity index (χ2v) is 7.20. The first-order valence-corrected chi connectivity index (χ1v) is 8.63. The molecule has 22 heavy (non-hydrogen) atoms. The van der Waals surface area contributed by atoms with Gasteiger partial charge in [-0.15, -0.1) is 0 Å². The number of halogens is 3. The van der Waals surface area contributed by atoms with E-state index in [0.29, 0.717) is 10.9 Å². The number of carbonyl (C=O) groups excluding carboxylic acids is 2. The zero-order valence-electron chi connectivity index (χ0n) is 11.5. The van der Waals surface area contributed by atoms with Gasteiger partial charge in [-0.05, 0) is 18.4 Å². The maximum atomic E-state index is 12.3. The van der Waals surface area contributed by atoms with Gasteiger partial charge < -0.3 is 9.63 Å². The third-order valence-electron chi connectivity index (χ3n) is 2.55. The van der Waals surface area contributed by atoms with Gasteiger partial charge in [-0.3, -0.25) is 19.2 Å². The maximum Gasteiger partial charge on any atom is 0.325 e. The minimum Gasteiger partial charge on any atom is -0.459 e. The summed E-state index contributed by atoms with van der Waals surface area (Å²) >= 11 is 3.12. The van der Waals surface area contributed by atoms with Gasteiger partial charge in [0.1, 0.15) is 0 Å². The van der Waals surface area contributed by atoms with Gasteiger partial charge in [0.05, 0.1) is 0 Å². The van der Waals surface area contributed by atoms with Crippen molar-refractivity contribution in [1.29, 1.82) is 0 Å². The summed E-state index contributed by atoms with van der Waals surface area (Å²) in [6.07, 6.45) is 2.22. The molecule has 2 N–H and O–H groups in total. The van der Waals surface area contributed by atoms with Crippen LogP contribution in [0.3, 0.4) is 0 Å². The summed E-state index contributed by atoms with van der Waals surface area (Å²) in [5.74, 6) is -2.14. The maximum absolute atomic E-state index is 12.3. The number of hydrogen-bond donors (Lipinski definition) is 2. The summed E-state index contributed by atoms with van der Waals surface area (Å²) in [5, 5.41) is 1.79. The Morgan fingerprint density at radius 3 is 2.68 bits per heavy atom. The van der Waals surface area contributed by atoms with Gasteiger partial charge in [0.2, 0.25) is 5.91 Å². The molecular formula is C12H14BrF2NO5P. The first kappa shape index (κ1) is 19.0. The van der Waals surface area contributed by atoms with E-state index in [4.69, 9.17) is 0 Å². The number of nitrogens with one attached hydrogen (secondary N) is 1. The first-order valence-electron chi connectivity index (χ1n) is 6.10. The SMILES string of the molecule is CC(=O)NP(=O)(O)C(C(=O)OCC(F)F)C1=CC[CH]C=C1Br. The van der Waals surface area contributed by atoms with Crippen molar-refractivity contribution in [3.05, 3.63) is 28.6 Å². The van der Waals surface area contributed by atoms with Crippen LogP contribution in [0.1, 0.15) is 13.3 Å². The second kappa shape index (κ2) is 7.99. The zero-order chi connectivity index (χ0) is 16.9. The van der Waals surface area contributed by atoms with E-state index in [1.807, 2.05) is 0 Å². The lowest BCUT2D eigenvalue weighted by atomic mass is 10.0. The lowest BCUT2D eigenvalue weighted by Crippen LogP contribution is -2.34. The molecule has 0 aromatic heterocycles. The van der Waals surface area contributed by atoms with Gasteiger partial charge in [-0.1, -0.05) is 28.1 Å². The monoisotopic (exact) mass is 400 g/mol. The van der Waals surface area contributed by atoms with Crippen LogP contribution in [0.5, 0.6) is 0 Å². The fourth-order valence-corrected chi connectivity index (χ4v) is 4.09. The Balaban J connectivity index is 3.13. The molecule has 2 atom stereocenters. The van der Waals surface area contributed by atoms with Crippen molar-refractivity contribution in [2.75, 3.05) is 6.61 Å². The van der Waals surface area contributed by atoms with Gasteiger partial charge in [-0.25, -0.2) is 8.78 Å². The van der Waals surface area contributed by atoms with Crippen LogP contribution in [0.4, 0.5) is 8.78 Å². The largest absolute Gasteiger partial charge is 0.459 e. The minimum atomic E-state index is -4.55. The number of ether oxygens (including phenoxy) is 1. The van der Waals surface area contributed by atoms with Gasteiger partial charge >= 0.3 is 13.5 Å². The summed E-state index contributed by atoms with van der Waals surface area (Å²) in [5.41, 5.74) is -1.68. The molecule has 10 heteroatoms. The predicted molar refractivity (Wildman–Crippen MR) is 78.4 cm³/mol. The molecule has 0 fully saturated rings. The molecule has 0 spiro atoms. The Hall–Kier alpha value is -1.05. The number of amides is 1. The number of carbonyl (C=O) groups is 2. The Morgan fingerprint density at radius 2 is 2.18 bits per heavy atom. The molecule has 0 aromatic rings. The van der Waals surface area contributed by atoms with E-state index < -0.39 is 38.1 Å². The van der Waals surface area contributed by atoms with E-state index in [0.717, 1.165) is 6.92 Å². The third kappa shape index (κ3) is 5.30. The van der Waals surface area contributed by atoms with Gasteiger partial charge in [0.15, 0.2) is 12.3 Å². The van der Waals surface area contributed by atoms with E-state index >= 15 is 0 Å². The van der Waals surface area contributed by atoms with Crippen molar-refractivity contribution in [2.24, 2.45) is 0 Å². The number of rotatable bonds is 6. The molecule has 0 bridgehead atoms. The molecule has 2 unspecified atom stereocenters. The summed E-state index contributed by atoms with van der Waals surface area (Å²) in [6, 6.07) is 0. The van der Waals surface area contributed by atoms with Gasteiger partial charge in [-0.2, -0.15) is 0 Å². The highest BCUT2D eigenvalue weighted by atomic mass is 79.9. The van der Waals surface area contributed by atoms with Crippen molar-refractivity contribution in [2.45, 2.75) is 25.4 Å². The number of alkyl halides is 2. The van der Waals surface area contributed by atoms with Crippen molar-refractivity contribution in [1.82, 2.24) is 5.09 Å². The van der Waals surface area contributed by atoms with Crippen molar-refractivity contribution >= 4 is 35.3 Å². The van der Waals surface area contributed by atoms with Crippen LogP contribution in [-0.4, -0.2) is 35.5 Å². The van der Waals surface area contributed by atoms with Gasteiger partial charge in [0.25, 0.3) is 6.43 Å². The molecule has 1 amide bonds. The number of hydrogen-bond acceptors (Lipinski definition) is 4. The molecule has 1 aliphatic rings. The summed E-state index contributed by atoms with van der Waals surface area (Å²) in [7, 11) is -4.55. The first-order chi connectivity index (χ1) is 10.1. The van der Waals surface area contributed by atoms with E-state index in [1.54, 1.807) is 17.6 Å². The predicted octanol–water partition coefficient (Wildman–Crippen LogP) is 2.30. The smallest absolute Gasteiger partial charge is 0.325 e. The molecule has 1 radical (unpaired) electrons. The van der Waals surface area contributed by atoms with Gasteiger partial charge in [0, 0.05) is 11.4 Å². The van der Waals surface area contributed by atoms with Crippen LogP contribution in [0.25, 0.3) is 0 Å². The average molecular weight is 401 g/mol. The normalized spacial score (nSPS) is 18.8. The van der Waals surface area contributed by atoms with E-state index in [9.17, 15) is 27.8 Å². The second-order valence-electron chi connectivity index (χ2n) is 4.36. The van der Waals surface area contributed by atoms with Crippen LogP contribution < -0.4 is 5.09 Å². The molecule has 6 nitrogen and oxygen atoms in total. The van der Waals surface area contributed by atoms with E-state index in [1.165, 1.54) is 6.08 Å². The van der Waals surface area contributed by atoms with Crippen molar-refractivity contribution < 1.29 is 32.6 Å². The molecule has 1 aliphatic carbocycles. The minimum absolute atomic E-state index is 0.0985. The number of allylic oxidation sites excluding steroid dienone is 3. The highest BCUT2D eigenvalue weighted by Crippen LogP contribution is 2.49. The van der Waals surface area contributed by atoms with Crippen LogP contribution in [0.2, 0.25) is 0 Å². The van der Waals surface area contributed by atoms with Crippen molar-refractivity contribution in [3.63, 3.8) is 0 Å². The molecule has 123 valence electrons. The zero-order valence-corrected chi connectivity index (χ0v) is 13.9. The highest BCUT2D eigenvalue weighted by Gasteiger charge is 2.43. The summed E-state index contributed by atoms with van der Waals surface area (Å²) in [4.78, 5) is 33.0. The Labute approximate surface area is 134 Å². The fourth-order valence-electron chi connectivity index (χ4n) is 1.78. The molecular weight excluding hydrogens is 387 g/mol. The molecule has 0 saturated carbocycles. The van der Waals surface area contributed by atoms with E-state index in [-0.39, 0.29) is 5.57 Å². The Bertz CT molecular complexity index is 564. The number of esters is 1. The van der Waals surface area contributed by atoms with Crippen LogP contribution in [-0.2, 0) is 18.9 Å². The highest BCUT2D eigenvalue weighted by molar-refractivity contribution is 9.12. The van der Waals surface area contributed by atoms with Crippen molar-refractivity contribution in [3.8, 4) is 0 Å². The molecule has 1 rings (SSSR count). The topological polar surface area (TPSA) is 92.7 Å². The van der Waals surface area contributed by atoms with Crippen LogP contribution in [0.15, 0.2) is 22.2 Å². The summed E-state index contributed by atoms with van der Waals surface area (Å²) < 4.78 is 41.3. The summed E-state index contributed by atoms with van der Waals surface area (Å²) in [6.45, 7) is -0.200. The molecule has 0 saturated heterocycles. The van der Waals surface area contributed by atoms with Crippen LogP contribution >= 0.6 is 23.4 Å². The Morgan fingerprint density at radius 1 is 1.55 bits per heavy atom. The standard InChI is InChI=1S/C12H14BrF2NO5P/c1-7(17)16-22(19,20)11(12(18)21-6-10(14)15)8-4-2-3-5-9(8)13/h3-5,10-11H,2,6H2,1H3,(H2,16,17,19,20). The van der Waals surface area contributed by atoms with E-state index in [2.05, 4.69) is 20.7 Å². The lowest BCUT2D eigenvalue weighted by molar-refractivity contribution is -0.146. The lowest BCUT2D eigenvalue weighted by Gasteiger charge is -2.25. The molecule has 0 aliphatic heterocycles. The van der Waals surface area contributed by atoms with Crippen LogP contribution in [0, 0.1) is 6.42 Å². The molecule has 0 aromatic carbocycles. The Kier molecular flexibility index (Phi) is 6.90. The quantitative estimate of drug-likeness (QED) is 0.527. The fraction of sp³-hybridized carbons (Fsp3) is 0.417. The molecule has 0 heterocycles. The average Bonchev–Trinajstić information content (AvgIpc) is 2.37. The third-order valence-corrected chi connectivity index (χ3v) is 5.10.